The van der Waals surface area contributed by atoms with Gasteiger partial charge in [-0.15, -0.1) is 0 Å². The molecule has 3 aromatic carbocycles. The minimum Gasteiger partial charge on any atom is -0.480 e. The zero-order chi connectivity index (χ0) is 19.2. The van der Waals surface area contributed by atoms with Crippen molar-refractivity contribution in [3.05, 3.63) is 107 Å². The van der Waals surface area contributed by atoms with Crippen molar-refractivity contribution in [1.82, 2.24) is 0 Å². The number of aliphatic carboxylic acids is 1. The van der Waals surface area contributed by atoms with Gasteiger partial charge >= 0.3 is 11.9 Å². The summed E-state index contributed by atoms with van der Waals surface area (Å²) in [5.74, 6) is -3.69. The number of rotatable bonds is 6. The van der Waals surface area contributed by atoms with Crippen molar-refractivity contribution in [3.8, 4) is 0 Å². The summed E-state index contributed by atoms with van der Waals surface area (Å²) in [6, 6.07) is 24.7. The number of benzene rings is 3. The second kappa shape index (κ2) is 8.52. The molecule has 0 saturated carbocycles. The van der Waals surface area contributed by atoms with Crippen LogP contribution in [0.5, 0.6) is 0 Å². The summed E-state index contributed by atoms with van der Waals surface area (Å²) < 4.78 is 5.68. The predicted molar refractivity (Wildman–Crippen MR) is 103 cm³/mol. The van der Waals surface area contributed by atoms with Crippen molar-refractivity contribution < 1.29 is 19.4 Å². The molecule has 0 bridgehead atoms. The van der Waals surface area contributed by atoms with Gasteiger partial charge in [0.25, 0.3) is 0 Å². The SMILES string of the molecule is O=C(O)C(C(=O)OC(c1ccccc1)c1ccccc1)c1ccccc1Cl. The first-order chi connectivity index (χ1) is 13.1. The van der Waals surface area contributed by atoms with Crippen LogP contribution in [-0.2, 0) is 14.3 Å². The summed E-state index contributed by atoms with van der Waals surface area (Å²) >= 11 is 6.11. The number of carboxylic acids is 1. The van der Waals surface area contributed by atoms with Crippen LogP contribution in [0.1, 0.15) is 28.7 Å². The molecule has 136 valence electrons. The zero-order valence-corrected chi connectivity index (χ0v) is 15.0. The lowest BCUT2D eigenvalue weighted by Gasteiger charge is -2.21. The zero-order valence-electron chi connectivity index (χ0n) is 14.3. The van der Waals surface area contributed by atoms with Crippen LogP contribution in [0.4, 0.5) is 0 Å². The van der Waals surface area contributed by atoms with Crippen LogP contribution in [-0.4, -0.2) is 17.0 Å². The molecule has 0 aliphatic rings. The molecular formula is C22H17ClO4. The third-order valence-corrected chi connectivity index (χ3v) is 4.48. The van der Waals surface area contributed by atoms with Gasteiger partial charge < -0.3 is 9.84 Å². The quantitative estimate of drug-likeness (QED) is 0.491. The van der Waals surface area contributed by atoms with Crippen LogP contribution < -0.4 is 0 Å². The topological polar surface area (TPSA) is 63.6 Å². The minimum absolute atomic E-state index is 0.205. The van der Waals surface area contributed by atoms with Crippen LogP contribution in [0.15, 0.2) is 84.9 Å². The van der Waals surface area contributed by atoms with Crippen LogP contribution in [0.25, 0.3) is 0 Å². The van der Waals surface area contributed by atoms with Crippen LogP contribution in [0.3, 0.4) is 0 Å². The number of esters is 1. The van der Waals surface area contributed by atoms with Crippen LogP contribution >= 0.6 is 11.6 Å². The molecule has 0 fully saturated rings. The molecule has 4 nitrogen and oxygen atoms in total. The Hall–Kier alpha value is -3.11. The van der Waals surface area contributed by atoms with Crippen LogP contribution in [0.2, 0.25) is 5.02 Å². The van der Waals surface area contributed by atoms with E-state index in [0.29, 0.717) is 0 Å². The Kier molecular flexibility index (Phi) is 5.89. The maximum atomic E-state index is 12.8. The van der Waals surface area contributed by atoms with Crippen molar-refractivity contribution in [2.24, 2.45) is 0 Å². The number of carboxylic acid groups (broad SMARTS) is 1. The van der Waals surface area contributed by atoms with Gasteiger partial charge in [-0.05, 0) is 22.8 Å². The van der Waals surface area contributed by atoms with Gasteiger partial charge in [-0.3, -0.25) is 9.59 Å². The molecule has 3 aromatic rings. The van der Waals surface area contributed by atoms with E-state index in [-0.39, 0.29) is 10.6 Å². The fourth-order valence-corrected chi connectivity index (χ4v) is 3.08. The Morgan fingerprint density at radius 1 is 0.778 bits per heavy atom. The number of hydrogen-bond donors (Lipinski definition) is 1. The molecule has 3 rings (SSSR count). The number of carbonyl (C=O) groups is 2. The summed E-state index contributed by atoms with van der Waals surface area (Å²) in [6.07, 6.45) is -0.718. The first-order valence-electron chi connectivity index (χ1n) is 8.35. The molecule has 0 aliphatic carbocycles. The Balaban J connectivity index is 1.96. The molecule has 1 atom stereocenters. The molecule has 0 aromatic heterocycles. The summed E-state index contributed by atoms with van der Waals surface area (Å²) in [4.78, 5) is 24.6. The highest BCUT2D eigenvalue weighted by Gasteiger charge is 2.34. The smallest absolute Gasteiger partial charge is 0.325 e. The summed E-state index contributed by atoms with van der Waals surface area (Å²) in [6.45, 7) is 0. The van der Waals surface area contributed by atoms with Crippen molar-refractivity contribution >= 4 is 23.5 Å². The molecule has 0 radical (unpaired) electrons. The molecule has 0 amide bonds. The van der Waals surface area contributed by atoms with E-state index >= 15 is 0 Å². The van der Waals surface area contributed by atoms with Crippen molar-refractivity contribution in [2.75, 3.05) is 0 Å². The number of halogens is 1. The van der Waals surface area contributed by atoms with Gasteiger partial charge in [0, 0.05) is 5.02 Å². The average Bonchev–Trinajstić information content (AvgIpc) is 2.69. The minimum atomic E-state index is -1.51. The second-order valence-electron chi connectivity index (χ2n) is 5.93. The lowest BCUT2D eigenvalue weighted by atomic mass is 9.98. The fraction of sp³-hybridized carbons (Fsp3) is 0.0909. The highest BCUT2D eigenvalue weighted by atomic mass is 35.5. The number of carbonyl (C=O) groups excluding carboxylic acids is 1. The molecule has 27 heavy (non-hydrogen) atoms. The average molecular weight is 381 g/mol. The van der Waals surface area contributed by atoms with E-state index in [1.165, 1.54) is 6.07 Å². The second-order valence-corrected chi connectivity index (χ2v) is 6.34. The molecule has 0 saturated heterocycles. The molecule has 0 heterocycles. The van der Waals surface area contributed by atoms with Gasteiger partial charge in [0.2, 0.25) is 0 Å². The standard InChI is InChI=1S/C22H17ClO4/c23-18-14-8-7-13-17(18)19(21(24)25)22(26)27-20(15-9-3-1-4-10-15)16-11-5-2-6-12-16/h1-14,19-20H,(H,24,25). The fourth-order valence-electron chi connectivity index (χ4n) is 2.84. The van der Waals surface area contributed by atoms with E-state index in [1.807, 2.05) is 60.7 Å². The molecule has 1 unspecified atom stereocenters. The maximum absolute atomic E-state index is 12.8. The summed E-state index contributed by atoms with van der Waals surface area (Å²) in [5.41, 5.74) is 1.71. The normalized spacial score (nSPS) is 11.8. The van der Waals surface area contributed by atoms with Gasteiger partial charge in [0.15, 0.2) is 12.0 Å². The van der Waals surface area contributed by atoms with E-state index in [9.17, 15) is 14.7 Å². The molecular weight excluding hydrogens is 364 g/mol. The lowest BCUT2D eigenvalue weighted by Crippen LogP contribution is -2.26. The largest absolute Gasteiger partial charge is 0.480 e. The van der Waals surface area contributed by atoms with Gasteiger partial charge in [0.1, 0.15) is 0 Å². The van der Waals surface area contributed by atoms with Crippen molar-refractivity contribution in [2.45, 2.75) is 12.0 Å². The Labute approximate surface area is 162 Å². The molecule has 5 heteroatoms. The Morgan fingerprint density at radius 2 is 1.26 bits per heavy atom. The van der Waals surface area contributed by atoms with Gasteiger partial charge in [-0.1, -0.05) is 90.5 Å². The van der Waals surface area contributed by atoms with E-state index in [1.54, 1.807) is 18.2 Å². The third kappa shape index (κ3) is 4.36. The van der Waals surface area contributed by atoms with E-state index in [4.69, 9.17) is 16.3 Å². The summed E-state index contributed by atoms with van der Waals surface area (Å²) in [5, 5.41) is 9.82. The number of hydrogen-bond acceptors (Lipinski definition) is 3. The van der Waals surface area contributed by atoms with Crippen molar-refractivity contribution in [1.29, 1.82) is 0 Å². The molecule has 1 N–H and O–H groups in total. The van der Waals surface area contributed by atoms with Crippen LogP contribution in [0, 0.1) is 0 Å². The maximum Gasteiger partial charge on any atom is 0.325 e. The third-order valence-electron chi connectivity index (χ3n) is 4.14. The highest BCUT2D eigenvalue weighted by molar-refractivity contribution is 6.32. The Bertz CT molecular complexity index is 886. The first kappa shape index (κ1) is 18.7. The highest BCUT2D eigenvalue weighted by Crippen LogP contribution is 2.31. The molecule has 0 spiro atoms. The summed E-state index contributed by atoms with van der Waals surface area (Å²) in [7, 11) is 0. The Morgan fingerprint density at radius 3 is 1.74 bits per heavy atom. The van der Waals surface area contributed by atoms with E-state index in [2.05, 4.69) is 0 Å². The van der Waals surface area contributed by atoms with Gasteiger partial charge in [-0.25, -0.2) is 0 Å². The monoisotopic (exact) mass is 380 g/mol. The number of ether oxygens (including phenoxy) is 1. The van der Waals surface area contributed by atoms with Gasteiger partial charge in [0.05, 0.1) is 0 Å². The predicted octanol–water partition coefficient (Wildman–Crippen LogP) is 4.84. The van der Waals surface area contributed by atoms with E-state index in [0.717, 1.165) is 11.1 Å². The van der Waals surface area contributed by atoms with E-state index < -0.39 is 24.0 Å². The first-order valence-corrected chi connectivity index (χ1v) is 8.73. The van der Waals surface area contributed by atoms with Gasteiger partial charge in [-0.2, -0.15) is 0 Å². The lowest BCUT2D eigenvalue weighted by molar-refractivity contribution is -0.156. The molecule has 0 aliphatic heterocycles. The van der Waals surface area contributed by atoms with Crippen molar-refractivity contribution in [3.63, 3.8) is 0 Å².